The zero-order chi connectivity index (χ0) is 14.5. The summed E-state index contributed by atoms with van der Waals surface area (Å²) in [5.74, 6) is 1.34. The van der Waals surface area contributed by atoms with Gasteiger partial charge in [-0.15, -0.1) is 0 Å². The predicted octanol–water partition coefficient (Wildman–Crippen LogP) is 3.14. The zero-order valence-corrected chi connectivity index (χ0v) is 11.1. The third-order valence-electron chi connectivity index (χ3n) is 2.80. The highest BCUT2D eigenvalue weighted by Gasteiger charge is 2.05. The SMILES string of the molecule is Cc1ccc(Oc2ccc(N)c(CNC(=O)O)c2)cc1. The van der Waals surface area contributed by atoms with Crippen LogP contribution in [0.5, 0.6) is 11.5 Å². The number of carboxylic acid groups (broad SMARTS) is 1. The normalized spacial score (nSPS) is 10.1. The molecule has 0 aliphatic carbocycles. The van der Waals surface area contributed by atoms with E-state index in [0.29, 0.717) is 17.0 Å². The molecule has 2 aromatic carbocycles. The van der Waals surface area contributed by atoms with Crippen molar-refractivity contribution < 1.29 is 14.6 Å². The van der Waals surface area contributed by atoms with E-state index in [9.17, 15) is 4.79 Å². The maximum Gasteiger partial charge on any atom is 0.404 e. The molecular weight excluding hydrogens is 256 g/mol. The molecule has 4 N–H and O–H groups in total. The summed E-state index contributed by atoms with van der Waals surface area (Å²) in [4.78, 5) is 10.5. The van der Waals surface area contributed by atoms with Crippen LogP contribution < -0.4 is 15.8 Å². The van der Waals surface area contributed by atoms with Gasteiger partial charge in [-0.2, -0.15) is 0 Å². The van der Waals surface area contributed by atoms with Gasteiger partial charge in [-0.1, -0.05) is 17.7 Å². The highest BCUT2D eigenvalue weighted by Crippen LogP contribution is 2.25. The quantitative estimate of drug-likeness (QED) is 0.746. The van der Waals surface area contributed by atoms with Crippen molar-refractivity contribution in [3.8, 4) is 11.5 Å². The minimum atomic E-state index is -1.09. The maximum atomic E-state index is 10.5. The van der Waals surface area contributed by atoms with Crippen molar-refractivity contribution in [2.75, 3.05) is 5.73 Å². The highest BCUT2D eigenvalue weighted by molar-refractivity contribution is 5.65. The van der Waals surface area contributed by atoms with Crippen LogP contribution >= 0.6 is 0 Å². The van der Waals surface area contributed by atoms with Crippen LogP contribution in [0.2, 0.25) is 0 Å². The van der Waals surface area contributed by atoms with Crippen molar-refractivity contribution in [1.29, 1.82) is 0 Å². The summed E-state index contributed by atoms with van der Waals surface area (Å²) in [7, 11) is 0. The van der Waals surface area contributed by atoms with Crippen molar-refractivity contribution in [2.45, 2.75) is 13.5 Å². The Kier molecular flexibility index (Phi) is 4.10. The summed E-state index contributed by atoms with van der Waals surface area (Å²) in [5, 5.41) is 10.9. The summed E-state index contributed by atoms with van der Waals surface area (Å²) in [6, 6.07) is 12.8. The van der Waals surface area contributed by atoms with Gasteiger partial charge in [0.1, 0.15) is 11.5 Å². The number of ether oxygens (including phenoxy) is 1. The van der Waals surface area contributed by atoms with Crippen LogP contribution in [0.4, 0.5) is 10.5 Å². The second-order valence-corrected chi connectivity index (χ2v) is 4.43. The molecule has 1 amide bonds. The molecular formula is C15H16N2O3. The first-order valence-corrected chi connectivity index (χ1v) is 6.14. The van der Waals surface area contributed by atoms with Crippen LogP contribution in [0.1, 0.15) is 11.1 Å². The van der Waals surface area contributed by atoms with Crippen molar-refractivity contribution in [3.05, 3.63) is 53.6 Å². The summed E-state index contributed by atoms with van der Waals surface area (Å²) >= 11 is 0. The first-order valence-electron chi connectivity index (χ1n) is 6.14. The molecule has 2 aromatic rings. The molecule has 104 valence electrons. The highest BCUT2D eigenvalue weighted by atomic mass is 16.5. The van der Waals surface area contributed by atoms with Gasteiger partial charge < -0.3 is 20.9 Å². The predicted molar refractivity (Wildman–Crippen MR) is 77.0 cm³/mol. The molecule has 5 nitrogen and oxygen atoms in total. The average molecular weight is 272 g/mol. The topological polar surface area (TPSA) is 84.6 Å². The van der Waals surface area contributed by atoms with Crippen molar-refractivity contribution >= 4 is 11.8 Å². The second-order valence-electron chi connectivity index (χ2n) is 4.43. The van der Waals surface area contributed by atoms with Crippen molar-refractivity contribution in [3.63, 3.8) is 0 Å². The number of anilines is 1. The molecule has 0 aromatic heterocycles. The van der Waals surface area contributed by atoms with Gasteiger partial charge in [-0.25, -0.2) is 4.79 Å². The largest absolute Gasteiger partial charge is 0.465 e. The van der Waals surface area contributed by atoms with E-state index in [1.807, 2.05) is 31.2 Å². The number of carbonyl (C=O) groups is 1. The Bertz CT molecular complexity index is 609. The smallest absolute Gasteiger partial charge is 0.404 e. The molecule has 0 aliphatic rings. The number of hydrogen-bond acceptors (Lipinski definition) is 3. The van der Waals surface area contributed by atoms with Crippen LogP contribution in [0, 0.1) is 6.92 Å². The third kappa shape index (κ3) is 3.65. The molecule has 0 bridgehead atoms. The Labute approximate surface area is 117 Å². The Balaban J connectivity index is 2.14. The molecule has 0 radical (unpaired) electrons. The van der Waals surface area contributed by atoms with Crippen LogP contribution in [-0.4, -0.2) is 11.2 Å². The van der Waals surface area contributed by atoms with Gasteiger partial charge in [0.25, 0.3) is 0 Å². The lowest BCUT2D eigenvalue weighted by atomic mass is 10.1. The number of rotatable bonds is 4. The number of benzene rings is 2. The van der Waals surface area contributed by atoms with E-state index in [0.717, 1.165) is 11.3 Å². The minimum Gasteiger partial charge on any atom is -0.465 e. The lowest BCUT2D eigenvalue weighted by Crippen LogP contribution is -2.20. The van der Waals surface area contributed by atoms with E-state index in [2.05, 4.69) is 5.32 Å². The minimum absolute atomic E-state index is 0.145. The molecule has 0 saturated carbocycles. The fourth-order valence-corrected chi connectivity index (χ4v) is 1.71. The molecule has 0 fully saturated rings. The first-order chi connectivity index (χ1) is 9.54. The molecule has 0 spiro atoms. The van der Waals surface area contributed by atoms with Gasteiger partial charge in [-0.05, 0) is 42.8 Å². The van der Waals surface area contributed by atoms with Gasteiger partial charge in [0.05, 0.1) is 0 Å². The van der Waals surface area contributed by atoms with Crippen LogP contribution in [0.15, 0.2) is 42.5 Å². The lowest BCUT2D eigenvalue weighted by Gasteiger charge is -2.10. The fraction of sp³-hybridized carbons (Fsp3) is 0.133. The van der Waals surface area contributed by atoms with E-state index in [1.54, 1.807) is 18.2 Å². The molecule has 0 saturated heterocycles. The van der Waals surface area contributed by atoms with Gasteiger partial charge in [0.2, 0.25) is 0 Å². The third-order valence-corrected chi connectivity index (χ3v) is 2.80. The fourth-order valence-electron chi connectivity index (χ4n) is 1.71. The number of amides is 1. The van der Waals surface area contributed by atoms with E-state index in [-0.39, 0.29) is 6.54 Å². The Morgan fingerprint density at radius 1 is 1.20 bits per heavy atom. The molecule has 0 aliphatic heterocycles. The van der Waals surface area contributed by atoms with Gasteiger partial charge in [0.15, 0.2) is 0 Å². The molecule has 2 rings (SSSR count). The van der Waals surface area contributed by atoms with Crippen molar-refractivity contribution in [1.82, 2.24) is 5.32 Å². The van der Waals surface area contributed by atoms with Crippen molar-refractivity contribution in [2.24, 2.45) is 0 Å². The molecule has 20 heavy (non-hydrogen) atoms. The second kappa shape index (κ2) is 5.97. The molecule has 0 atom stereocenters. The molecule has 0 heterocycles. The Morgan fingerprint density at radius 2 is 1.85 bits per heavy atom. The number of aryl methyl sites for hydroxylation is 1. The standard InChI is InChI=1S/C15H16N2O3/c1-10-2-4-12(5-3-10)20-13-6-7-14(16)11(8-13)9-17-15(18)19/h2-8,17H,9,16H2,1H3,(H,18,19). The summed E-state index contributed by atoms with van der Waals surface area (Å²) < 4.78 is 5.71. The monoisotopic (exact) mass is 272 g/mol. The van der Waals surface area contributed by atoms with E-state index >= 15 is 0 Å². The average Bonchev–Trinajstić information content (AvgIpc) is 2.42. The number of nitrogens with two attached hydrogens (primary N) is 1. The maximum absolute atomic E-state index is 10.5. The van der Waals surface area contributed by atoms with Crippen LogP contribution in [0.25, 0.3) is 0 Å². The Morgan fingerprint density at radius 3 is 2.50 bits per heavy atom. The van der Waals surface area contributed by atoms with E-state index in [4.69, 9.17) is 15.6 Å². The summed E-state index contributed by atoms with van der Waals surface area (Å²) in [6.07, 6.45) is -1.09. The number of nitrogens with one attached hydrogen (secondary N) is 1. The van der Waals surface area contributed by atoms with E-state index < -0.39 is 6.09 Å². The van der Waals surface area contributed by atoms with E-state index in [1.165, 1.54) is 0 Å². The van der Waals surface area contributed by atoms with Gasteiger partial charge in [0, 0.05) is 12.2 Å². The zero-order valence-electron chi connectivity index (χ0n) is 11.1. The van der Waals surface area contributed by atoms with Gasteiger partial charge >= 0.3 is 6.09 Å². The van der Waals surface area contributed by atoms with Crippen LogP contribution in [0.3, 0.4) is 0 Å². The number of hydrogen-bond donors (Lipinski definition) is 3. The molecule has 0 unspecified atom stereocenters. The first kappa shape index (κ1) is 13.7. The summed E-state index contributed by atoms with van der Waals surface area (Å²) in [5.41, 5.74) is 8.16. The van der Waals surface area contributed by atoms with Gasteiger partial charge in [-0.3, -0.25) is 0 Å². The lowest BCUT2D eigenvalue weighted by molar-refractivity contribution is 0.194. The summed E-state index contributed by atoms with van der Waals surface area (Å²) in [6.45, 7) is 2.15. The number of nitrogen functional groups attached to an aromatic ring is 1. The Hall–Kier alpha value is -2.69. The van der Waals surface area contributed by atoms with Crippen LogP contribution in [-0.2, 0) is 6.54 Å². The molecule has 5 heteroatoms.